The van der Waals surface area contributed by atoms with E-state index in [0.29, 0.717) is 6.54 Å². The zero-order chi connectivity index (χ0) is 13.1. The van der Waals surface area contributed by atoms with Crippen molar-refractivity contribution in [1.82, 2.24) is 25.4 Å². The lowest BCUT2D eigenvalue weighted by Gasteiger charge is -2.37. The van der Waals surface area contributed by atoms with Gasteiger partial charge in [-0.15, -0.1) is 0 Å². The number of nitrogen functional groups attached to an aromatic ring is 1. The molecule has 18 heavy (non-hydrogen) atoms. The highest BCUT2D eigenvalue weighted by atomic mass is 16.6. The number of piperazine rings is 1. The van der Waals surface area contributed by atoms with Crippen molar-refractivity contribution in [3.63, 3.8) is 0 Å². The molecule has 2 heterocycles. The van der Waals surface area contributed by atoms with Gasteiger partial charge in [-0.3, -0.25) is 9.69 Å². The average Bonchev–Trinajstić information content (AvgIpc) is 2.76. The summed E-state index contributed by atoms with van der Waals surface area (Å²) in [6.07, 6.45) is 0. The van der Waals surface area contributed by atoms with Gasteiger partial charge in [0.05, 0.1) is 0 Å². The van der Waals surface area contributed by atoms with Crippen LogP contribution in [0.25, 0.3) is 0 Å². The third-order valence-corrected chi connectivity index (χ3v) is 3.21. The second-order valence-electron chi connectivity index (χ2n) is 4.60. The second-order valence-corrected chi connectivity index (χ2v) is 4.60. The molecule has 1 aliphatic rings. The molecule has 1 fully saturated rings. The Hall–Kier alpha value is -1.67. The van der Waals surface area contributed by atoms with Crippen LogP contribution in [0.5, 0.6) is 0 Å². The minimum atomic E-state index is -0.352. The van der Waals surface area contributed by atoms with Gasteiger partial charge in [-0.25, -0.2) is 4.63 Å². The first-order valence-electron chi connectivity index (χ1n) is 5.83. The summed E-state index contributed by atoms with van der Waals surface area (Å²) in [5.74, 6) is -0.336. The smallest absolute Gasteiger partial charge is 0.277 e. The molecule has 3 N–H and O–H groups in total. The van der Waals surface area contributed by atoms with Gasteiger partial charge in [0.2, 0.25) is 11.5 Å². The molecule has 0 radical (unpaired) electrons. The molecule has 1 saturated heterocycles. The third kappa shape index (κ3) is 2.77. The van der Waals surface area contributed by atoms with E-state index >= 15 is 0 Å². The summed E-state index contributed by atoms with van der Waals surface area (Å²) in [4.78, 5) is 16.2. The van der Waals surface area contributed by atoms with E-state index in [1.165, 1.54) is 0 Å². The van der Waals surface area contributed by atoms with Crippen molar-refractivity contribution in [2.24, 2.45) is 0 Å². The van der Waals surface area contributed by atoms with Crippen LogP contribution in [0.1, 0.15) is 10.5 Å². The number of hydrogen-bond donors (Lipinski definition) is 2. The Kier molecular flexibility index (Phi) is 3.78. The van der Waals surface area contributed by atoms with Crippen molar-refractivity contribution >= 4 is 11.7 Å². The summed E-state index contributed by atoms with van der Waals surface area (Å²) in [6.45, 7) is 3.50. The van der Waals surface area contributed by atoms with Gasteiger partial charge < -0.3 is 16.0 Å². The van der Waals surface area contributed by atoms with Gasteiger partial charge in [0.15, 0.2) is 0 Å². The van der Waals surface area contributed by atoms with Crippen LogP contribution in [0.2, 0.25) is 0 Å². The van der Waals surface area contributed by atoms with Gasteiger partial charge in [0.25, 0.3) is 5.91 Å². The van der Waals surface area contributed by atoms with Crippen LogP contribution in [0.3, 0.4) is 0 Å². The number of aromatic nitrogens is 2. The molecule has 1 unspecified atom stereocenters. The van der Waals surface area contributed by atoms with Crippen molar-refractivity contribution in [3.8, 4) is 0 Å². The maximum absolute atomic E-state index is 11.8. The van der Waals surface area contributed by atoms with E-state index in [1.807, 2.05) is 0 Å². The maximum Gasteiger partial charge on any atom is 0.277 e. The molecule has 0 aliphatic carbocycles. The maximum atomic E-state index is 11.8. The van der Waals surface area contributed by atoms with Gasteiger partial charge in [-0.2, -0.15) is 0 Å². The summed E-state index contributed by atoms with van der Waals surface area (Å²) in [5, 5.41) is 9.63. The zero-order valence-electron chi connectivity index (χ0n) is 10.6. The summed E-state index contributed by atoms with van der Waals surface area (Å²) in [5.41, 5.74) is 5.50. The Labute approximate surface area is 105 Å². The fourth-order valence-electron chi connectivity index (χ4n) is 1.97. The monoisotopic (exact) mass is 254 g/mol. The van der Waals surface area contributed by atoms with Gasteiger partial charge in [0, 0.05) is 32.2 Å². The molecule has 1 amide bonds. The lowest BCUT2D eigenvalue weighted by Crippen LogP contribution is -2.54. The number of nitrogens with one attached hydrogen (secondary N) is 1. The van der Waals surface area contributed by atoms with Gasteiger partial charge in [-0.1, -0.05) is 0 Å². The summed E-state index contributed by atoms with van der Waals surface area (Å²) < 4.78 is 4.39. The Bertz CT molecular complexity index is 420. The van der Waals surface area contributed by atoms with E-state index in [9.17, 15) is 4.79 Å². The molecule has 1 atom stereocenters. The zero-order valence-corrected chi connectivity index (χ0v) is 10.6. The van der Waals surface area contributed by atoms with E-state index < -0.39 is 0 Å². The highest BCUT2D eigenvalue weighted by Gasteiger charge is 2.23. The highest BCUT2D eigenvalue weighted by Crippen LogP contribution is 2.06. The quantitative estimate of drug-likeness (QED) is 0.686. The average molecular weight is 254 g/mol. The Balaban J connectivity index is 1.87. The summed E-state index contributed by atoms with van der Waals surface area (Å²) >= 11 is 0. The minimum absolute atomic E-state index is 0.0154. The van der Waals surface area contributed by atoms with Crippen molar-refractivity contribution in [2.45, 2.75) is 6.04 Å². The molecule has 1 aromatic heterocycles. The predicted octanol–water partition coefficient (Wildman–Crippen LogP) is -1.37. The first-order chi connectivity index (χ1) is 8.58. The highest BCUT2D eigenvalue weighted by molar-refractivity contribution is 5.95. The van der Waals surface area contributed by atoms with E-state index in [4.69, 9.17) is 5.73 Å². The number of nitrogens with zero attached hydrogens (tertiary/aromatic N) is 4. The van der Waals surface area contributed by atoms with E-state index in [2.05, 4.69) is 44.2 Å². The van der Waals surface area contributed by atoms with Crippen LogP contribution in [-0.2, 0) is 0 Å². The molecule has 0 saturated carbocycles. The van der Waals surface area contributed by atoms with Gasteiger partial charge >= 0.3 is 0 Å². The number of anilines is 1. The molecule has 0 aromatic carbocycles. The predicted molar refractivity (Wildman–Crippen MR) is 65.0 cm³/mol. The molecular weight excluding hydrogens is 236 g/mol. The summed E-state index contributed by atoms with van der Waals surface area (Å²) in [6, 6.07) is 0.286. The Morgan fingerprint density at radius 1 is 1.50 bits per heavy atom. The molecular formula is C10H18N6O2. The third-order valence-electron chi connectivity index (χ3n) is 3.21. The molecule has 0 bridgehead atoms. The number of nitrogens with two attached hydrogens (primary N) is 1. The largest absolute Gasteiger partial charge is 0.379 e. The number of carbonyl (C=O) groups is 1. The first-order valence-corrected chi connectivity index (χ1v) is 5.83. The van der Waals surface area contributed by atoms with E-state index in [1.54, 1.807) is 0 Å². The second kappa shape index (κ2) is 5.32. The number of hydrogen-bond acceptors (Lipinski definition) is 7. The molecule has 2 rings (SSSR count). The van der Waals surface area contributed by atoms with Gasteiger partial charge in [0.1, 0.15) is 0 Å². The van der Waals surface area contributed by atoms with Crippen molar-refractivity contribution in [3.05, 3.63) is 5.69 Å². The number of amides is 1. The van der Waals surface area contributed by atoms with Crippen LogP contribution in [0.15, 0.2) is 4.63 Å². The van der Waals surface area contributed by atoms with Gasteiger partial charge in [-0.05, 0) is 24.4 Å². The van der Waals surface area contributed by atoms with E-state index in [-0.39, 0.29) is 23.5 Å². The fourth-order valence-corrected chi connectivity index (χ4v) is 1.97. The fraction of sp³-hybridized carbons (Fsp3) is 0.700. The normalized spacial score (nSPS) is 22.0. The number of rotatable bonds is 3. The first kappa shape index (κ1) is 12.8. The molecule has 0 spiro atoms. The molecule has 8 nitrogen and oxygen atoms in total. The number of carbonyl (C=O) groups excluding carboxylic acids is 1. The van der Waals surface area contributed by atoms with Crippen LogP contribution >= 0.6 is 0 Å². The van der Waals surface area contributed by atoms with Crippen molar-refractivity contribution in [1.29, 1.82) is 0 Å². The number of likely N-dealkylation sites (N-methyl/N-ethyl adjacent to an activating group) is 2. The van der Waals surface area contributed by atoms with Crippen LogP contribution in [0, 0.1) is 0 Å². The lowest BCUT2D eigenvalue weighted by molar-refractivity contribution is 0.0873. The van der Waals surface area contributed by atoms with Crippen LogP contribution in [0.4, 0.5) is 5.82 Å². The molecule has 1 aromatic rings. The van der Waals surface area contributed by atoms with Crippen molar-refractivity contribution < 1.29 is 9.42 Å². The molecule has 1 aliphatic heterocycles. The topological polar surface area (TPSA) is 101 Å². The van der Waals surface area contributed by atoms with Crippen molar-refractivity contribution in [2.75, 3.05) is 46.0 Å². The Morgan fingerprint density at radius 3 is 2.94 bits per heavy atom. The lowest BCUT2D eigenvalue weighted by atomic mass is 10.2. The molecule has 8 heteroatoms. The molecule has 100 valence electrons. The van der Waals surface area contributed by atoms with Crippen LogP contribution < -0.4 is 11.1 Å². The standard InChI is InChI=1S/C10H18N6O2/c1-15-3-4-16(2)7(6-15)5-12-10(17)8-9(11)14-18-13-8/h7H,3-6H2,1-2H3,(H2,11,14)(H,12,17). The van der Waals surface area contributed by atoms with E-state index in [0.717, 1.165) is 19.6 Å². The van der Waals surface area contributed by atoms with Crippen LogP contribution in [-0.4, -0.2) is 72.3 Å². The summed E-state index contributed by atoms with van der Waals surface area (Å²) in [7, 11) is 4.12. The SMILES string of the molecule is CN1CCN(C)C(CNC(=O)c2nonc2N)C1. The minimum Gasteiger partial charge on any atom is -0.379 e. The Morgan fingerprint density at radius 2 is 2.28 bits per heavy atom.